The van der Waals surface area contributed by atoms with Crippen molar-refractivity contribution in [2.24, 2.45) is 0 Å². The molecular formula is C38H39BrN8O4. The molecule has 2 aliphatic heterocycles. The summed E-state index contributed by atoms with van der Waals surface area (Å²) in [5.41, 5.74) is 5.36. The van der Waals surface area contributed by atoms with E-state index in [0.29, 0.717) is 70.1 Å². The number of rotatable bonds is 10. The zero-order chi connectivity index (χ0) is 35.3. The van der Waals surface area contributed by atoms with E-state index in [2.05, 4.69) is 25.7 Å². The first-order valence-electron chi connectivity index (χ1n) is 16.8. The SMILES string of the molecule is COc1ccc(CN(Cc2ccc(OC)cc2)c2ncc(-c3nc(N4CCOCC4)nc4c3CCN4C(=O)N(C)c3cccc(Br)c3)cn2)cc1. The molecule has 7 rings (SSSR count). The molecule has 1 fully saturated rings. The van der Waals surface area contributed by atoms with Gasteiger partial charge in [0.15, 0.2) is 0 Å². The van der Waals surface area contributed by atoms with Crippen molar-refractivity contribution in [1.29, 1.82) is 0 Å². The monoisotopic (exact) mass is 750 g/mol. The fraction of sp³-hybridized carbons (Fsp3) is 0.289. The van der Waals surface area contributed by atoms with Crippen LogP contribution in [0.25, 0.3) is 11.3 Å². The van der Waals surface area contributed by atoms with E-state index in [4.69, 9.17) is 34.1 Å². The number of nitrogens with zero attached hydrogens (tertiary/aromatic N) is 8. The minimum absolute atomic E-state index is 0.163. The summed E-state index contributed by atoms with van der Waals surface area (Å²) in [6.45, 7) is 4.14. The second-order valence-corrected chi connectivity index (χ2v) is 13.2. The average molecular weight is 752 g/mol. The summed E-state index contributed by atoms with van der Waals surface area (Å²) in [6, 6.07) is 23.5. The lowest BCUT2D eigenvalue weighted by Crippen LogP contribution is -2.41. The van der Waals surface area contributed by atoms with Gasteiger partial charge in [-0.25, -0.2) is 19.7 Å². The number of halogens is 1. The van der Waals surface area contributed by atoms with E-state index in [1.165, 1.54) is 0 Å². The van der Waals surface area contributed by atoms with Gasteiger partial charge in [0, 0.05) is 73.5 Å². The minimum Gasteiger partial charge on any atom is -0.497 e. The Morgan fingerprint density at radius 2 is 1.49 bits per heavy atom. The van der Waals surface area contributed by atoms with Crippen molar-refractivity contribution in [3.8, 4) is 22.8 Å². The summed E-state index contributed by atoms with van der Waals surface area (Å²) in [4.78, 5) is 41.4. The van der Waals surface area contributed by atoms with Crippen molar-refractivity contribution in [2.75, 3.05) is 73.7 Å². The number of urea groups is 1. The van der Waals surface area contributed by atoms with Crippen LogP contribution in [0.3, 0.4) is 0 Å². The van der Waals surface area contributed by atoms with Crippen molar-refractivity contribution in [2.45, 2.75) is 19.5 Å². The van der Waals surface area contributed by atoms with Gasteiger partial charge in [0.05, 0.1) is 33.1 Å². The molecule has 2 amide bonds. The Kier molecular flexibility index (Phi) is 10.3. The number of methoxy groups -OCH3 is 2. The third kappa shape index (κ3) is 7.59. The molecular weight excluding hydrogens is 712 g/mol. The van der Waals surface area contributed by atoms with Gasteiger partial charge in [-0.05, 0) is 60.0 Å². The number of carbonyl (C=O) groups excluding carboxylic acids is 1. The summed E-state index contributed by atoms with van der Waals surface area (Å²) in [5, 5.41) is 0. The third-order valence-electron chi connectivity index (χ3n) is 9.08. The molecule has 0 aliphatic carbocycles. The molecule has 2 aliphatic rings. The molecule has 0 bridgehead atoms. The number of aromatic nitrogens is 4. The molecule has 0 spiro atoms. The van der Waals surface area contributed by atoms with Crippen molar-refractivity contribution in [1.82, 2.24) is 19.9 Å². The van der Waals surface area contributed by atoms with Crippen LogP contribution in [0.2, 0.25) is 0 Å². The molecule has 0 unspecified atom stereocenters. The topological polar surface area (TPSA) is 109 Å². The molecule has 0 saturated carbocycles. The summed E-state index contributed by atoms with van der Waals surface area (Å²) in [6.07, 6.45) is 4.25. The van der Waals surface area contributed by atoms with Gasteiger partial charge in [0.2, 0.25) is 11.9 Å². The van der Waals surface area contributed by atoms with Crippen molar-refractivity contribution < 1.29 is 19.0 Å². The first-order valence-corrected chi connectivity index (χ1v) is 17.6. The summed E-state index contributed by atoms with van der Waals surface area (Å²) < 4.78 is 17.3. The molecule has 0 N–H and O–H groups in total. The second-order valence-electron chi connectivity index (χ2n) is 12.3. The molecule has 13 heteroatoms. The molecule has 0 atom stereocenters. The molecule has 12 nitrogen and oxygen atoms in total. The fourth-order valence-electron chi connectivity index (χ4n) is 6.26. The van der Waals surface area contributed by atoms with E-state index >= 15 is 0 Å². The van der Waals surface area contributed by atoms with E-state index < -0.39 is 0 Å². The van der Waals surface area contributed by atoms with Gasteiger partial charge in [0.25, 0.3) is 0 Å². The van der Waals surface area contributed by atoms with Gasteiger partial charge in [-0.15, -0.1) is 0 Å². The smallest absolute Gasteiger partial charge is 0.329 e. The lowest BCUT2D eigenvalue weighted by Gasteiger charge is -2.29. The highest BCUT2D eigenvalue weighted by Gasteiger charge is 2.33. The molecule has 1 saturated heterocycles. The molecule has 262 valence electrons. The van der Waals surface area contributed by atoms with Gasteiger partial charge >= 0.3 is 6.03 Å². The number of carbonyl (C=O) groups is 1. The first kappa shape index (κ1) is 34.2. The predicted molar refractivity (Wildman–Crippen MR) is 201 cm³/mol. The fourth-order valence-corrected chi connectivity index (χ4v) is 6.64. The molecule has 3 aromatic carbocycles. The van der Waals surface area contributed by atoms with Gasteiger partial charge < -0.3 is 24.0 Å². The van der Waals surface area contributed by atoms with Crippen molar-refractivity contribution in [3.05, 3.63) is 106 Å². The lowest BCUT2D eigenvalue weighted by atomic mass is 10.1. The van der Waals surface area contributed by atoms with Crippen LogP contribution in [-0.2, 0) is 24.2 Å². The van der Waals surface area contributed by atoms with Crippen LogP contribution in [0.1, 0.15) is 16.7 Å². The highest BCUT2D eigenvalue weighted by Crippen LogP contribution is 2.37. The van der Waals surface area contributed by atoms with Crippen LogP contribution in [0.5, 0.6) is 11.5 Å². The highest BCUT2D eigenvalue weighted by molar-refractivity contribution is 9.10. The Morgan fingerprint density at radius 3 is 2.08 bits per heavy atom. The van der Waals surface area contributed by atoms with Crippen LogP contribution in [0.15, 0.2) is 89.7 Å². The second kappa shape index (κ2) is 15.3. The Hall–Kier alpha value is -5.27. The lowest BCUT2D eigenvalue weighted by molar-refractivity contribution is 0.122. The number of anilines is 4. The third-order valence-corrected chi connectivity index (χ3v) is 9.57. The zero-order valence-electron chi connectivity index (χ0n) is 28.8. The molecule has 5 aromatic rings. The number of morpholine rings is 1. The van der Waals surface area contributed by atoms with Gasteiger partial charge in [-0.3, -0.25) is 9.80 Å². The van der Waals surface area contributed by atoms with E-state index in [1.807, 2.05) is 85.2 Å². The van der Waals surface area contributed by atoms with Crippen molar-refractivity contribution >= 4 is 45.4 Å². The number of benzene rings is 3. The highest BCUT2D eigenvalue weighted by atomic mass is 79.9. The van der Waals surface area contributed by atoms with Gasteiger partial charge in [-0.1, -0.05) is 46.3 Å². The molecule has 4 heterocycles. The quantitative estimate of drug-likeness (QED) is 0.160. The number of fused-ring (bicyclic) bond motifs is 1. The maximum absolute atomic E-state index is 13.9. The standard InChI is InChI=1S/C38H39BrN8O4/c1-44(30-6-4-5-29(39)21-30)38(48)47-16-15-33-34(42-37(43-35(33)47)45-17-19-51-20-18-45)28-22-40-36(41-23-28)46(24-26-7-11-31(49-2)12-8-26)25-27-9-13-32(50-3)14-10-27/h4-14,21-23H,15-20,24-25H2,1-3H3. The Morgan fingerprint density at radius 1 is 0.863 bits per heavy atom. The summed E-state index contributed by atoms with van der Waals surface area (Å²) >= 11 is 3.52. The maximum Gasteiger partial charge on any atom is 0.329 e. The summed E-state index contributed by atoms with van der Waals surface area (Å²) in [5.74, 6) is 3.35. The molecule has 51 heavy (non-hydrogen) atoms. The van der Waals surface area contributed by atoms with Crippen LogP contribution < -0.4 is 29.1 Å². The van der Waals surface area contributed by atoms with Gasteiger partial charge in [-0.2, -0.15) is 4.98 Å². The first-order chi connectivity index (χ1) is 24.9. The van der Waals surface area contributed by atoms with Crippen LogP contribution >= 0.6 is 15.9 Å². The van der Waals surface area contributed by atoms with E-state index in [0.717, 1.165) is 49.6 Å². The zero-order valence-corrected chi connectivity index (χ0v) is 30.4. The van der Waals surface area contributed by atoms with E-state index in [-0.39, 0.29) is 6.03 Å². The Labute approximate surface area is 305 Å². The summed E-state index contributed by atoms with van der Waals surface area (Å²) in [7, 11) is 5.10. The Bertz CT molecular complexity index is 1920. The van der Waals surface area contributed by atoms with Crippen LogP contribution in [0, 0.1) is 0 Å². The number of ether oxygens (including phenoxy) is 3. The maximum atomic E-state index is 13.9. The number of hydrogen-bond acceptors (Lipinski definition) is 10. The molecule has 0 radical (unpaired) electrons. The average Bonchev–Trinajstić information content (AvgIpc) is 3.62. The van der Waals surface area contributed by atoms with Crippen LogP contribution in [-0.4, -0.2) is 80.1 Å². The Balaban J connectivity index is 1.22. The minimum atomic E-state index is -0.163. The predicted octanol–water partition coefficient (Wildman–Crippen LogP) is 6.38. The normalized spacial score (nSPS) is 13.9. The largest absolute Gasteiger partial charge is 0.497 e. The van der Waals surface area contributed by atoms with Crippen molar-refractivity contribution in [3.63, 3.8) is 0 Å². The van der Waals surface area contributed by atoms with E-state index in [1.54, 1.807) is 31.1 Å². The van der Waals surface area contributed by atoms with Crippen LogP contribution in [0.4, 0.5) is 28.2 Å². The number of amides is 2. The molecule has 2 aromatic heterocycles. The number of hydrogen-bond donors (Lipinski definition) is 0. The van der Waals surface area contributed by atoms with Gasteiger partial charge in [0.1, 0.15) is 17.3 Å². The van der Waals surface area contributed by atoms with E-state index in [9.17, 15) is 4.79 Å².